The van der Waals surface area contributed by atoms with E-state index < -0.39 is 26.6 Å². The van der Waals surface area contributed by atoms with Crippen LogP contribution in [0.2, 0.25) is 0 Å². The first-order chi connectivity index (χ1) is 24.5. The number of carbonyl (C=O) groups is 1. The summed E-state index contributed by atoms with van der Waals surface area (Å²) in [5.74, 6) is -0.225. The number of phosphoric acid groups is 1. The first-order valence-corrected chi connectivity index (χ1v) is 22.7. The standard InChI is InChI=1S/C42H83N2O6P/c1-6-8-10-12-13-14-15-16-17-18-19-20-21-22-23-24-25-26-27-28-29-30-31-32-33-35-41(45)40(43-42(46)36-34-11-9-7-2)39-50-51(47,48)49-38-37-44(3,4)5/h29-30,33,35,40-41,45H,6-28,31-32,34,36-39H2,1-5H3,(H-,43,46,47,48)/b30-29+,35-33+. The number of carbonyl (C=O) groups excluding carboxylic acids is 1. The van der Waals surface area contributed by atoms with Crippen LogP contribution >= 0.6 is 7.82 Å². The molecule has 2 N–H and O–H groups in total. The van der Waals surface area contributed by atoms with Gasteiger partial charge in [-0.15, -0.1) is 0 Å². The zero-order chi connectivity index (χ0) is 37.9. The second-order valence-electron chi connectivity index (χ2n) is 15.7. The number of nitrogens with zero attached hydrogens (tertiary/aromatic N) is 1. The number of aliphatic hydroxyl groups excluding tert-OH is 1. The molecule has 0 fully saturated rings. The summed E-state index contributed by atoms with van der Waals surface area (Å²) >= 11 is 0. The summed E-state index contributed by atoms with van der Waals surface area (Å²) in [7, 11) is 1.24. The minimum atomic E-state index is -4.57. The Morgan fingerprint density at radius 3 is 1.59 bits per heavy atom. The van der Waals surface area contributed by atoms with Gasteiger partial charge < -0.3 is 28.8 Å². The molecule has 9 heteroatoms. The lowest BCUT2D eigenvalue weighted by atomic mass is 10.0. The van der Waals surface area contributed by atoms with Gasteiger partial charge in [0.1, 0.15) is 13.2 Å². The number of unbranched alkanes of at least 4 members (excludes halogenated alkanes) is 23. The second-order valence-corrected chi connectivity index (χ2v) is 17.1. The highest BCUT2D eigenvalue weighted by Gasteiger charge is 2.23. The van der Waals surface area contributed by atoms with Crippen LogP contribution in [0, 0.1) is 0 Å². The summed E-state index contributed by atoms with van der Waals surface area (Å²) in [5.41, 5.74) is 0. The van der Waals surface area contributed by atoms with Crippen molar-refractivity contribution in [1.29, 1.82) is 0 Å². The second kappa shape index (κ2) is 34.7. The lowest BCUT2D eigenvalue weighted by molar-refractivity contribution is -0.870. The molecule has 0 bridgehead atoms. The molecule has 1 amide bonds. The van der Waals surface area contributed by atoms with Gasteiger partial charge in [-0.05, 0) is 32.1 Å². The number of hydrogen-bond donors (Lipinski definition) is 2. The van der Waals surface area contributed by atoms with Gasteiger partial charge in [-0.1, -0.05) is 173 Å². The first kappa shape index (κ1) is 50.0. The highest BCUT2D eigenvalue weighted by atomic mass is 31.2. The molecule has 0 aliphatic heterocycles. The van der Waals surface area contributed by atoms with Crippen molar-refractivity contribution in [3.8, 4) is 0 Å². The fraction of sp³-hybridized carbons (Fsp3) is 0.881. The Morgan fingerprint density at radius 2 is 1.10 bits per heavy atom. The largest absolute Gasteiger partial charge is 0.756 e. The molecule has 0 rings (SSSR count). The van der Waals surface area contributed by atoms with Crippen molar-refractivity contribution in [3.63, 3.8) is 0 Å². The Labute approximate surface area is 315 Å². The average molecular weight is 743 g/mol. The maximum Gasteiger partial charge on any atom is 0.268 e. The first-order valence-electron chi connectivity index (χ1n) is 21.2. The van der Waals surface area contributed by atoms with Crippen molar-refractivity contribution in [2.45, 2.75) is 199 Å². The van der Waals surface area contributed by atoms with E-state index in [4.69, 9.17) is 9.05 Å². The molecule has 0 aromatic heterocycles. The van der Waals surface area contributed by atoms with Crippen molar-refractivity contribution in [1.82, 2.24) is 5.32 Å². The monoisotopic (exact) mass is 743 g/mol. The van der Waals surface area contributed by atoms with Gasteiger partial charge in [-0.25, -0.2) is 0 Å². The molecule has 0 spiro atoms. The quantitative estimate of drug-likeness (QED) is 0.0282. The fourth-order valence-electron chi connectivity index (χ4n) is 5.99. The van der Waals surface area contributed by atoms with E-state index in [0.29, 0.717) is 17.4 Å². The number of allylic oxidation sites excluding steroid dienone is 3. The van der Waals surface area contributed by atoms with Crippen molar-refractivity contribution < 1.29 is 32.9 Å². The summed E-state index contributed by atoms with van der Waals surface area (Å²) in [4.78, 5) is 24.8. The summed E-state index contributed by atoms with van der Waals surface area (Å²) in [6.45, 7) is 4.49. The van der Waals surface area contributed by atoms with Gasteiger partial charge >= 0.3 is 0 Å². The molecule has 0 aliphatic carbocycles. The van der Waals surface area contributed by atoms with Crippen LogP contribution in [0.4, 0.5) is 0 Å². The number of phosphoric ester groups is 1. The number of quaternary nitrogens is 1. The molecule has 0 heterocycles. The summed E-state index contributed by atoms with van der Waals surface area (Å²) in [6.07, 6.45) is 40.2. The lowest BCUT2D eigenvalue weighted by Gasteiger charge is -2.29. The van der Waals surface area contributed by atoms with Gasteiger partial charge in [0.05, 0.1) is 39.9 Å². The van der Waals surface area contributed by atoms with Gasteiger partial charge in [0, 0.05) is 6.42 Å². The smallest absolute Gasteiger partial charge is 0.268 e. The maximum atomic E-state index is 12.5. The Kier molecular flexibility index (Phi) is 34.0. The number of nitrogens with one attached hydrogen (secondary N) is 1. The molecule has 0 aromatic carbocycles. The minimum absolute atomic E-state index is 0.00568. The van der Waals surface area contributed by atoms with Crippen molar-refractivity contribution in [2.24, 2.45) is 0 Å². The fourth-order valence-corrected chi connectivity index (χ4v) is 6.71. The third-order valence-electron chi connectivity index (χ3n) is 9.41. The Hall–Kier alpha value is -1.02. The van der Waals surface area contributed by atoms with E-state index in [-0.39, 0.29) is 12.5 Å². The zero-order valence-corrected chi connectivity index (χ0v) is 35.0. The lowest BCUT2D eigenvalue weighted by Crippen LogP contribution is -2.45. The number of likely N-dealkylation sites (N-methyl/N-ethyl adjacent to an activating group) is 1. The van der Waals surface area contributed by atoms with Crippen LogP contribution in [0.25, 0.3) is 0 Å². The van der Waals surface area contributed by atoms with Crippen LogP contribution < -0.4 is 10.2 Å². The van der Waals surface area contributed by atoms with E-state index in [2.05, 4.69) is 31.3 Å². The van der Waals surface area contributed by atoms with Crippen LogP contribution in [-0.4, -0.2) is 68.5 Å². The summed E-state index contributed by atoms with van der Waals surface area (Å²) in [5, 5.41) is 13.6. The number of aliphatic hydroxyl groups is 1. The van der Waals surface area contributed by atoms with Crippen LogP contribution in [0.1, 0.15) is 187 Å². The van der Waals surface area contributed by atoms with Crippen LogP contribution in [0.5, 0.6) is 0 Å². The number of amides is 1. The normalized spacial score (nSPS) is 14.7. The summed E-state index contributed by atoms with van der Waals surface area (Å²) in [6, 6.07) is -0.894. The topological polar surface area (TPSA) is 108 Å². The van der Waals surface area contributed by atoms with Crippen molar-refractivity contribution >= 4 is 13.7 Å². The molecule has 0 saturated heterocycles. The molecule has 8 nitrogen and oxygen atoms in total. The average Bonchev–Trinajstić information content (AvgIpc) is 3.07. The summed E-state index contributed by atoms with van der Waals surface area (Å²) < 4.78 is 22.9. The maximum absolute atomic E-state index is 12.5. The number of rotatable bonds is 38. The molecule has 0 radical (unpaired) electrons. The van der Waals surface area contributed by atoms with E-state index in [1.54, 1.807) is 6.08 Å². The van der Waals surface area contributed by atoms with Crippen LogP contribution in [0.3, 0.4) is 0 Å². The van der Waals surface area contributed by atoms with Crippen molar-refractivity contribution in [3.05, 3.63) is 24.3 Å². The molecule has 0 aliphatic rings. The Bertz CT molecular complexity index is 891. The molecule has 3 unspecified atom stereocenters. The van der Waals surface area contributed by atoms with E-state index in [1.807, 2.05) is 27.2 Å². The van der Waals surface area contributed by atoms with Crippen molar-refractivity contribution in [2.75, 3.05) is 40.9 Å². The molecule has 302 valence electrons. The SMILES string of the molecule is CCCCCCCCCCCCCCCCCCCCC/C=C/CC/C=C/C(O)C(COP(=O)([O-])OCC[N+](C)(C)C)NC(=O)CCCCCC. The van der Waals surface area contributed by atoms with E-state index in [0.717, 1.165) is 44.9 Å². The van der Waals surface area contributed by atoms with Crippen LogP contribution in [0.15, 0.2) is 24.3 Å². The zero-order valence-electron chi connectivity index (χ0n) is 34.1. The molecule has 0 saturated carbocycles. The molecular formula is C42H83N2O6P. The van der Waals surface area contributed by atoms with Crippen LogP contribution in [-0.2, 0) is 18.4 Å². The molecule has 51 heavy (non-hydrogen) atoms. The highest BCUT2D eigenvalue weighted by Crippen LogP contribution is 2.38. The van der Waals surface area contributed by atoms with E-state index in [1.165, 1.54) is 122 Å². The molecular weight excluding hydrogens is 659 g/mol. The molecule has 0 aromatic rings. The minimum Gasteiger partial charge on any atom is -0.756 e. The van der Waals surface area contributed by atoms with E-state index >= 15 is 0 Å². The Morgan fingerprint density at radius 1 is 0.667 bits per heavy atom. The highest BCUT2D eigenvalue weighted by molar-refractivity contribution is 7.45. The molecule has 3 atom stereocenters. The van der Waals surface area contributed by atoms with Gasteiger partial charge in [-0.2, -0.15) is 0 Å². The predicted octanol–water partition coefficient (Wildman–Crippen LogP) is 10.7. The van der Waals surface area contributed by atoms with Gasteiger partial charge in [-0.3, -0.25) is 9.36 Å². The van der Waals surface area contributed by atoms with Gasteiger partial charge in [0.25, 0.3) is 7.82 Å². The third kappa shape index (κ3) is 37.1. The van der Waals surface area contributed by atoms with Gasteiger partial charge in [0.15, 0.2) is 0 Å². The van der Waals surface area contributed by atoms with E-state index in [9.17, 15) is 19.4 Å². The van der Waals surface area contributed by atoms with Gasteiger partial charge in [0.2, 0.25) is 5.91 Å². The third-order valence-corrected chi connectivity index (χ3v) is 10.4. The Balaban J connectivity index is 4.10. The predicted molar refractivity (Wildman–Crippen MR) is 215 cm³/mol. The number of hydrogen-bond acceptors (Lipinski definition) is 6.